The molecule has 0 saturated heterocycles. The number of carbonyl (C=O) groups excluding carboxylic acids is 2. The van der Waals surface area contributed by atoms with Crippen LogP contribution in [0.2, 0.25) is 0 Å². The molecule has 1 aliphatic heterocycles. The van der Waals surface area contributed by atoms with Crippen molar-refractivity contribution < 1.29 is 9.59 Å². The average Bonchev–Trinajstić information content (AvgIpc) is 3.11. The molecular formula is C21H21N5O2S. The Kier molecular flexibility index (Phi) is 5.28. The molecule has 0 radical (unpaired) electrons. The van der Waals surface area contributed by atoms with Crippen molar-refractivity contribution in [3.63, 3.8) is 0 Å². The first kappa shape index (κ1) is 19.1. The standard InChI is InChI=1S/C21H21N5O2S/c1-23-17(27)10-24-21(28)14-4-2-3-12(8-14)7-13-5-6-15-16(9-13)29-19-18(15)25-11-26-20(19)22/h2-6,8-9,11,20H,7,10,22H2,1H3,(H,23,27)(H,24,28)(H,25,26). The Balaban J connectivity index is 1.53. The van der Waals surface area contributed by atoms with Crippen molar-refractivity contribution in [2.45, 2.75) is 12.6 Å². The lowest BCUT2D eigenvalue weighted by Crippen LogP contribution is -2.35. The van der Waals surface area contributed by atoms with Crippen LogP contribution in [0.1, 0.15) is 32.5 Å². The van der Waals surface area contributed by atoms with Crippen molar-refractivity contribution in [3.05, 3.63) is 64.0 Å². The first-order valence-electron chi connectivity index (χ1n) is 9.22. The Bertz CT molecular complexity index is 1120. The predicted molar refractivity (Wildman–Crippen MR) is 117 cm³/mol. The number of anilines is 1. The van der Waals surface area contributed by atoms with Crippen molar-refractivity contribution in [3.8, 4) is 0 Å². The molecule has 148 valence electrons. The quantitative estimate of drug-likeness (QED) is 0.521. The Morgan fingerprint density at radius 2 is 2.03 bits per heavy atom. The summed E-state index contributed by atoms with van der Waals surface area (Å²) in [6, 6.07) is 13.8. The number of rotatable bonds is 5. The Hall–Kier alpha value is -3.23. The number of hydrogen-bond acceptors (Lipinski definition) is 6. The molecule has 3 aromatic rings. The molecule has 0 bridgehead atoms. The van der Waals surface area contributed by atoms with E-state index in [4.69, 9.17) is 5.73 Å². The molecule has 0 spiro atoms. The fourth-order valence-electron chi connectivity index (χ4n) is 3.29. The fraction of sp³-hybridized carbons (Fsp3) is 0.190. The fourth-order valence-corrected chi connectivity index (χ4v) is 4.47. The maximum absolute atomic E-state index is 12.3. The summed E-state index contributed by atoms with van der Waals surface area (Å²) in [5.41, 5.74) is 9.82. The number of carbonyl (C=O) groups is 2. The highest BCUT2D eigenvalue weighted by atomic mass is 32.1. The summed E-state index contributed by atoms with van der Waals surface area (Å²) >= 11 is 1.65. The molecule has 1 atom stereocenters. The lowest BCUT2D eigenvalue weighted by molar-refractivity contribution is -0.119. The molecule has 1 aliphatic rings. The number of benzene rings is 2. The van der Waals surface area contributed by atoms with Gasteiger partial charge in [0, 0.05) is 22.7 Å². The van der Waals surface area contributed by atoms with E-state index in [0.29, 0.717) is 12.0 Å². The van der Waals surface area contributed by atoms with Gasteiger partial charge in [0.25, 0.3) is 5.91 Å². The van der Waals surface area contributed by atoms with Gasteiger partial charge in [0.2, 0.25) is 5.91 Å². The predicted octanol–water partition coefficient (Wildman–Crippen LogP) is 2.38. The summed E-state index contributed by atoms with van der Waals surface area (Å²) in [5.74, 6) is -0.502. The molecule has 8 heteroatoms. The van der Waals surface area contributed by atoms with Crippen LogP contribution in [0.25, 0.3) is 10.1 Å². The third-order valence-electron chi connectivity index (χ3n) is 4.78. The minimum absolute atomic E-state index is 0.0425. The topological polar surface area (TPSA) is 109 Å². The van der Waals surface area contributed by atoms with Gasteiger partial charge < -0.3 is 21.7 Å². The summed E-state index contributed by atoms with van der Waals surface area (Å²) in [5, 5.41) is 9.43. The number of nitrogens with two attached hydrogens (primary N) is 1. The highest BCUT2D eigenvalue weighted by Gasteiger charge is 2.19. The molecule has 5 N–H and O–H groups in total. The van der Waals surface area contributed by atoms with Crippen molar-refractivity contribution in [1.29, 1.82) is 0 Å². The van der Waals surface area contributed by atoms with Crippen LogP contribution in [0.15, 0.2) is 47.5 Å². The van der Waals surface area contributed by atoms with E-state index in [2.05, 4.69) is 39.1 Å². The smallest absolute Gasteiger partial charge is 0.251 e. The molecule has 1 unspecified atom stereocenters. The van der Waals surface area contributed by atoms with Gasteiger partial charge in [-0.2, -0.15) is 0 Å². The first-order chi connectivity index (χ1) is 14.0. The van der Waals surface area contributed by atoms with Crippen LogP contribution in [0.5, 0.6) is 0 Å². The number of hydrogen-bond donors (Lipinski definition) is 4. The minimum Gasteiger partial charge on any atom is -0.358 e. The average molecular weight is 407 g/mol. The van der Waals surface area contributed by atoms with Crippen LogP contribution >= 0.6 is 11.3 Å². The summed E-state index contributed by atoms with van der Waals surface area (Å²) < 4.78 is 1.15. The molecule has 2 amide bonds. The molecular weight excluding hydrogens is 386 g/mol. The first-order valence-corrected chi connectivity index (χ1v) is 10.0. The molecule has 2 heterocycles. The summed E-state index contributed by atoms with van der Waals surface area (Å²) in [6.45, 7) is -0.0425. The Morgan fingerprint density at radius 3 is 2.86 bits per heavy atom. The van der Waals surface area contributed by atoms with E-state index >= 15 is 0 Å². The number of fused-ring (bicyclic) bond motifs is 3. The molecule has 2 aromatic carbocycles. The molecule has 4 rings (SSSR count). The third-order valence-corrected chi connectivity index (χ3v) is 6.00. The van der Waals surface area contributed by atoms with Gasteiger partial charge in [-0.1, -0.05) is 24.3 Å². The van der Waals surface area contributed by atoms with E-state index in [-0.39, 0.29) is 24.5 Å². The SMILES string of the molecule is CNC(=O)CNC(=O)c1cccc(Cc2ccc3c4c(sc3c2)C(N)N=CN4)c1. The maximum atomic E-state index is 12.3. The van der Waals surface area contributed by atoms with E-state index in [9.17, 15) is 9.59 Å². The van der Waals surface area contributed by atoms with E-state index in [1.807, 2.05) is 18.2 Å². The van der Waals surface area contributed by atoms with Gasteiger partial charge in [0.05, 0.1) is 23.4 Å². The molecule has 1 aromatic heterocycles. The second-order valence-corrected chi connectivity index (χ2v) is 7.86. The normalized spacial score (nSPS) is 14.9. The second-order valence-electron chi connectivity index (χ2n) is 6.77. The Morgan fingerprint density at radius 1 is 1.21 bits per heavy atom. The zero-order valence-corrected chi connectivity index (χ0v) is 16.7. The molecule has 7 nitrogen and oxygen atoms in total. The molecule has 0 fully saturated rings. The van der Waals surface area contributed by atoms with Gasteiger partial charge in [-0.25, -0.2) is 0 Å². The van der Waals surface area contributed by atoms with Crippen molar-refractivity contribution in [2.24, 2.45) is 10.7 Å². The van der Waals surface area contributed by atoms with E-state index in [0.717, 1.165) is 31.8 Å². The van der Waals surface area contributed by atoms with Gasteiger partial charge in [0.15, 0.2) is 0 Å². The largest absolute Gasteiger partial charge is 0.358 e. The number of amides is 2. The maximum Gasteiger partial charge on any atom is 0.251 e. The third kappa shape index (κ3) is 3.98. The van der Waals surface area contributed by atoms with Crippen molar-refractivity contribution in [1.82, 2.24) is 10.6 Å². The second kappa shape index (κ2) is 8.02. The number of aliphatic imine (C=N–C) groups is 1. The van der Waals surface area contributed by atoms with E-state index in [1.165, 1.54) is 7.05 Å². The lowest BCUT2D eigenvalue weighted by atomic mass is 10.0. The zero-order chi connectivity index (χ0) is 20.4. The Labute approximate surface area is 172 Å². The van der Waals surface area contributed by atoms with Crippen LogP contribution < -0.4 is 21.7 Å². The highest BCUT2D eigenvalue weighted by molar-refractivity contribution is 7.20. The van der Waals surface area contributed by atoms with Crippen LogP contribution in [0.3, 0.4) is 0 Å². The lowest BCUT2D eigenvalue weighted by Gasteiger charge is -2.13. The summed E-state index contributed by atoms with van der Waals surface area (Å²) in [6.07, 6.45) is 2.02. The monoisotopic (exact) mass is 407 g/mol. The highest BCUT2D eigenvalue weighted by Crippen LogP contribution is 2.40. The van der Waals surface area contributed by atoms with Gasteiger partial charge in [-0.05, 0) is 35.7 Å². The number of thiophene rings is 1. The molecule has 0 saturated carbocycles. The van der Waals surface area contributed by atoms with Gasteiger partial charge in [-0.15, -0.1) is 11.3 Å². The van der Waals surface area contributed by atoms with Crippen LogP contribution in [0.4, 0.5) is 5.69 Å². The van der Waals surface area contributed by atoms with Crippen molar-refractivity contribution >= 4 is 45.3 Å². The molecule has 29 heavy (non-hydrogen) atoms. The number of nitrogens with zero attached hydrogens (tertiary/aromatic N) is 1. The zero-order valence-electron chi connectivity index (χ0n) is 15.9. The van der Waals surface area contributed by atoms with E-state index in [1.54, 1.807) is 23.7 Å². The van der Waals surface area contributed by atoms with Gasteiger partial charge >= 0.3 is 0 Å². The number of nitrogens with one attached hydrogen (secondary N) is 3. The van der Waals surface area contributed by atoms with Crippen LogP contribution in [0, 0.1) is 0 Å². The summed E-state index contributed by atoms with van der Waals surface area (Å²) in [7, 11) is 1.53. The van der Waals surface area contributed by atoms with Crippen molar-refractivity contribution in [2.75, 3.05) is 18.9 Å². The van der Waals surface area contributed by atoms with Gasteiger partial charge in [-0.3, -0.25) is 14.6 Å². The summed E-state index contributed by atoms with van der Waals surface area (Å²) in [4.78, 5) is 28.8. The molecule has 0 aliphatic carbocycles. The number of likely N-dealkylation sites (N-methyl/N-ethyl adjacent to an activating group) is 1. The van der Waals surface area contributed by atoms with Gasteiger partial charge in [0.1, 0.15) is 6.17 Å². The van der Waals surface area contributed by atoms with Crippen LogP contribution in [-0.4, -0.2) is 31.7 Å². The minimum atomic E-state index is -0.322. The van der Waals surface area contributed by atoms with E-state index < -0.39 is 0 Å². The van der Waals surface area contributed by atoms with Crippen LogP contribution in [-0.2, 0) is 11.2 Å².